The van der Waals surface area contributed by atoms with Crippen molar-refractivity contribution in [2.24, 2.45) is 7.05 Å². The number of hydrogen-bond acceptors (Lipinski definition) is 1. The molecule has 3 aromatic carbocycles. The second-order valence-corrected chi connectivity index (χ2v) is 5.75. The van der Waals surface area contributed by atoms with Gasteiger partial charge in [-0.15, -0.1) is 9.36 Å². The van der Waals surface area contributed by atoms with Gasteiger partial charge in [0.15, 0.2) is 17.6 Å². The molecule has 0 aliphatic carbocycles. The Bertz CT molecular complexity index is 940. The number of hydrogen-bond donors (Lipinski definition) is 0. The van der Waals surface area contributed by atoms with Crippen LogP contribution in [0.25, 0.3) is 28.1 Å². The van der Waals surface area contributed by atoms with Crippen molar-refractivity contribution in [3.05, 3.63) is 91.1 Å². The second-order valence-electron chi connectivity index (χ2n) is 5.75. The maximum atomic E-state index is 4.57. The lowest BCUT2D eigenvalue weighted by atomic mass is 10.0. The zero-order chi connectivity index (χ0) is 16.4. The molecule has 24 heavy (non-hydrogen) atoms. The summed E-state index contributed by atoms with van der Waals surface area (Å²) in [7, 11) is 1.97. The van der Waals surface area contributed by atoms with Gasteiger partial charge in [0.2, 0.25) is 0 Å². The van der Waals surface area contributed by atoms with Crippen LogP contribution < -0.4 is 4.68 Å². The Kier molecular flexibility index (Phi) is 3.67. The molecule has 0 saturated carbocycles. The minimum absolute atomic E-state index is 1.06. The number of aryl methyl sites for hydroxylation is 1. The summed E-state index contributed by atoms with van der Waals surface area (Å²) in [6, 6.07) is 29.2. The van der Waals surface area contributed by atoms with E-state index in [1.54, 1.807) is 0 Å². The van der Waals surface area contributed by atoms with Crippen LogP contribution in [0.15, 0.2) is 91.1 Å². The van der Waals surface area contributed by atoms with Crippen molar-refractivity contribution in [1.82, 2.24) is 9.90 Å². The van der Waals surface area contributed by atoms with Crippen molar-refractivity contribution >= 4 is 0 Å². The number of rotatable bonds is 3. The van der Waals surface area contributed by atoms with Crippen molar-refractivity contribution in [2.75, 3.05) is 0 Å². The van der Waals surface area contributed by atoms with E-state index in [0.29, 0.717) is 0 Å². The number of nitrogens with zero attached hydrogens (tertiary/aromatic N) is 3. The van der Waals surface area contributed by atoms with E-state index in [4.69, 9.17) is 0 Å². The highest BCUT2D eigenvalue weighted by atomic mass is 15.5. The van der Waals surface area contributed by atoms with E-state index in [1.165, 1.54) is 11.1 Å². The summed E-state index contributed by atoms with van der Waals surface area (Å²) in [6.07, 6.45) is 2.06. The number of para-hydroxylation sites is 1. The normalized spacial score (nSPS) is 10.7. The average molecular weight is 312 g/mol. The van der Waals surface area contributed by atoms with Crippen LogP contribution in [0.2, 0.25) is 0 Å². The van der Waals surface area contributed by atoms with E-state index in [0.717, 1.165) is 16.9 Å². The molecule has 4 aromatic rings. The van der Waals surface area contributed by atoms with Crippen LogP contribution in [0, 0.1) is 0 Å². The fourth-order valence-electron chi connectivity index (χ4n) is 2.85. The first-order chi connectivity index (χ1) is 11.8. The van der Waals surface area contributed by atoms with Crippen LogP contribution in [0.1, 0.15) is 0 Å². The zero-order valence-electron chi connectivity index (χ0n) is 13.5. The lowest BCUT2D eigenvalue weighted by molar-refractivity contribution is -0.721. The molecule has 0 fully saturated rings. The van der Waals surface area contributed by atoms with Crippen LogP contribution in [0.4, 0.5) is 0 Å². The van der Waals surface area contributed by atoms with Gasteiger partial charge >= 0.3 is 0 Å². The first kappa shape index (κ1) is 14.4. The Labute approximate surface area is 141 Å². The van der Waals surface area contributed by atoms with Gasteiger partial charge < -0.3 is 0 Å². The summed E-state index contributed by atoms with van der Waals surface area (Å²) < 4.78 is 3.81. The molecule has 0 saturated heterocycles. The molecule has 3 heteroatoms. The molecule has 0 bridgehead atoms. The lowest BCUT2D eigenvalue weighted by Gasteiger charge is -2.02. The van der Waals surface area contributed by atoms with Gasteiger partial charge in [-0.1, -0.05) is 60.7 Å². The summed E-state index contributed by atoms with van der Waals surface area (Å²) in [5, 5.41) is 4.57. The Morgan fingerprint density at radius 3 is 1.88 bits per heavy atom. The molecular formula is C21H18N3+. The smallest absolute Gasteiger partial charge is 0.132 e. The van der Waals surface area contributed by atoms with Crippen LogP contribution in [0.3, 0.4) is 0 Å². The van der Waals surface area contributed by atoms with E-state index in [-0.39, 0.29) is 0 Å². The SMILES string of the molecule is C[n+]1nn(-c2ccccc2)cc1-c1ccc(-c2ccccc2)cc1. The Morgan fingerprint density at radius 2 is 1.21 bits per heavy atom. The third-order valence-electron chi connectivity index (χ3n) is 4.13. The minimum atomic E-state index is 1.06. The summed E-state index contributed by atoms with van der Waals surface area (Å²) >= 11 is 0. The third-order valence-corrected chi connectivity index (χ3v) is 4.13. The first-order valence-corrected chi connectivity index (χ1v) is 7.98. The monoisotopic (exact) mass is 312 g/mol. The quantitative estimate of drug-likeness (QED) is 0.523. The molecule has 0 atom stereocenters. The third kappa shape index (κ3) is 2.72. The molecule has 0 unspecified atom stereocenters. The Morgan fingerprint density at radius 1 is 0.667 bits per heavy atom. The molecule has 0 spiro atoms. The fraction of sp³-hybridized carbons (Fsp3) is 0.0476. The van der Waals surface area contributed by atoms with Crippen molar-refractivity contribution in [3.8, 4) is 28.1 Å². The standard InChI is InChI=1S/C21H18N3/c1-23-21(16-24(22-23)20-10-6-3-7-11-20)19-14-12-18(13-15-19)17-8-4-2-5-9-17/h2-16H,1H3/q+1. The molecule has 1 aromatic heterocycles. The van der Waals surface area contributed by atoms with Gasteiger partial charge in [0.05, 0.1) is 5.21 Å². The minimum Gasteiger partial charge on any atom is -0.132 e. The van der Waals surface area contributed by atoms with Gasteiger partial charge in [-0.25, -0.2) is 0 Å². The predicted molar refractivity (Wildman–Crippen MR) is 95.6 cm³/mol. The Balaban J connectivity index is 1.68. The van der Waals surface area contributed by atoms with Gasteiger partial charge in [0, 0.05) is 5.56 Å². The van der Waals surface area contributed by atoms with E-state index in [2.05, 4.69) is 72.1 Å². The van der Waals surface area contributed by atoms with E-state index in [9.17, 15) is 0 Å². The maximum absolute atomic E-state index is 4.57. The topological polar surface area (TPSA) is 21.7 Å². The molecule has 116 valence electrons. The Hall–Kier alpha value is -3.20. The van der Waals surface area contributed by atoms with Gasteiger partial charge in [-0.3, -0.25) is 0 Å². The molecule has 1 heterocycles. The molecule has 4 rings (SSSR count). The summed E-state index contributed by atoms with van der Waals surface area (Å²) in [5.41, 5.74) is 5.74. The number of benzene rings is 3. The predicted octanol–water partition coefficient (Wildman–Crippen LogP) is 4.03. The molecule has 0 aliphatic rings. The zero-order valence-corrected chi connectivity index (χ0v) is 13.5. The van der Waals surface area contributed by atoms with Crippen LogP contribution in [-0.2, 0) is 7.05 Å². The molecule has 0 N–H and O–H groups in total. The van der Waals surface area contributed by atoms with Crippen molar-refractivity contribution in [3.63, 3.8) is 0 Å². The molecular weight excluding hydrogens is 294 g/mol. The van der Waals surface area contributed by atoms with Crippen LogP contribution in [0.5, 0.6) is 0 Å². The van der Waals surface area contributed by atoms with Gasteiger partial charge in [0.25, 0.3) is 0 Å². The highest BCUT2D eigenvalue weighted by Crippen LogP contribution is 2.23. The second kappa shape index (κ2) is 6.13. The molecule has 0 amide bonds. The molecule has 0 aliphatic heterocycles. The van der Waals surface area contributed by atoms with E-state index < -0.39 is 0 Å². The largest absolute Gasteiger partial charge is 0.197 e. The molecule has 0 radical (unpaired) electrons. The van der Waals surface area contributed by atoms with Crippen molar-refractivity contribution in [2.45, 2.75) is 0 Å². The highest BCUT2D eigenvalue weighted by Gasteiger charge is 2.15. The number of aromatic nitrogens is 3. The summed E-state index contributed by atoms with van der Waals surface area (Å²) in [6.45, 7) is 0. The van der Waals surface area contributed by atoms with E-state index >= 15 is 0 Å². The van der Waals surface area contributed by atoms with Gasteiger partial charge in [-0.05, 0) is 35.4 Å². The first-order valence-electron chi connectivity index (χ1n) is 7.98. The highest BCUT2D eigenvalue weighted by molar-refractivity contribution is 5.67. The summed E-state index contributed by atoms with van der Waals surface area (Å²) in [5.74, 6) is 0. The average Bonchev–Trinajstić information content (AvgIpc) is 3.05. The maximum Gasteiger partial charge on any atom is 0.197 e. The van der Waals surface area contributed by atoms with Crippen molar-refractivity contribution in [1.29, 1.82) is 0 Å². The van der Waals surface area contributed by atoms with Crippen LogP contribution in [-0.4, -0.2) is 9.90 Å². The fourth-order valence-corrected chi connectivity index (χ4v) is 2.85. The van der Waals surface area contributed by atoms with Crippen LogP contribution >= 0.6 is 0 Å². The lowest BCUT2D eigenvalue weighted by Crippen LogP contribution is -2.33. The molecule has 3 nitrogen and oxygen atoms in total. The summed E-state index contributed by atoms with van der Waals surface area (Å²) in [4.78, 5) is 0. The van der Waals surface area contributed by atoms with Crippen molar-refractivity contribution < 1.29 is 4.68 Å². The van der Waals surface area contributed by atoms with E-state index in [1.807, 2.05) is 40.7 Å². The van der Waals surface area contributed by atoms with Gasteiger partial charge in [0.1, 0.15) is 7.05 Å². The van der Waals surface area contributed by atoms with Gasteiger partial charge in [-0.2, -0.15) is 0 Å².